The number of nitrogen functional groups attached to an aromatic ring is 1. The average molecular weight is 256 g/mol. The third kappa shape index (κ3) is 3.08. The van der Waals surface area contributed by atoms with Crippen molar-refractivity contribution in [2.45, 2.75) is 11.8 Å². The predicted octanol–water partition coefficient (Wildman–Crippen LogP) is 1.95. The second-order valence-corrected chi connectivity index (χ2v) is 4.46. The Kier molecular flexibility index (Phi) is 3.92. The quantitative estimate of drug-likeness (QED) is 0.372. The highest BCUT2D eigenvalue weighted by molar-refractivity contribution is 7.85. The number of hydrogen-bond acceptors (Lipinski definition) is 6. The Morgan fingerprint density at radius 3 is 2.41 bits per heavy atom. The lowest BCUT2D eigenvalue weighted by atomic mass is 10.2. The molecule has 0 amide bonds. The molecule has 0 fully saturated rings. The fourth-order valence-electron chi connectivity index (χ4n) is 1.18. The minimum atomic E-state index is -4.33. The zero-order chi connectivity index (χ0) is 13.1. The fraction of sp³-hybridized carbons (Fsp3) is 0.222. The van der Waals surface area contributed by atoms with Crippen LogP contribution in [0.1, 0.15) is 6.92 Å². The summed E-state index contributed by atoms with van der Waals surface area (Å²) < 4.78 is 31.1. The maximum atomic E-state index is 11.0. The normalized spacial score (nSPS) is 12.6. The summed E-state index contributed by atoms with van der Waals surface area (Å²) in [5, 5.41) is 7.18. The number of benzene rings is 1. The van der Waals surface area contributed by atoms with Crippen molar-refractivity contribution in [1.29, 1.82) is 0 Å². The molecule has 0 unspecified atom stereocenters. The van der Waals surface area contributed by atoms with E-state index >= 15 is 0 Å². The summed E-state index contributed by atoms with van der Waals surface area (Å²) in [6.07, 6.45) is 1.45. The topological polar surface area (TPSA) is 117 Å². The number of hydrogen-bond donors (Lipinski definition) is 2. The molecule has 0 aliphatic carbocycles. The molecule has 0 bridgehead atoms. The molecule has 0 radical (unpaired) electrons. The Bertz CT molecular complexity index is 545. The summed E-state index contributed by atoms with van der Waals surface area (Å²) >= 11 is 0. The van der Waals surface area contributed by atoms with Gasteiger partial charge >= 0.3 is 0 Å². The van der Waals surface area contributed by atoms with Crippen LogP contribution in [0.25, 0.3) is 0 Å². The largest absolute Gasteiger partial charge is 0.395 e. The first-order chi connectivity index (χ1) is 7.90. The number of nitrogens with zero attached hydrogens (tertiary/aromatic N) is 3. The van der Waals surface area contributed by atoms with E-state index in [4.69, 9.17) is 10.3 Å². The Labute approximate surface area is 98.8 Å². The molecule has 17 heavy (non-hydrogen) atoms. The van der Waals surface area contributed by atoms with Crippen molar-refractivity contribution in [3.8, 4) is 0 Å². The predicted molar refractivity (Wildman–Crippen MR) is 64.9 cm³/mol. The SMILES string of the molecule is CC=Nc1cc(S(=O)(=O)O)cc(N=NC)c1N. The van der Waals surface area contributed by atoms with Gasteiger partial charge in [-0.05, 0) is 19.1 Å². The van der Waals surface area contributed by atoms with Gasteiger partial charge in [-0.2, -0.15) is 18.6 Å². The monoisotopic (exact) mass is 256 g/mol. The lowest BCUT2D eigenvalue weighted by Crippen LogP contribution is -1.99. The molecule has 1 aromatic carbocycles. The van der Waals surface area contributed by atoms with Gasteiger partial charge in [-0.1, -0.05) is 0 Å². The van der Waals surface area contributed by atoms with Gasteiger partial charge in [0.15, 0.2) is 0 Å². The molecule has 0 aliphatic heterocycles. The molecule has 0 atom stereocenters. The van der Waals surface area contributed by atoms with Crippen LogP contribution >= 0.6 is 0 Å². The standard InChI is InChI=1S/C9H12N4O3S/c1-3-12-7-4-6(17(14,15)16)5-8(9(7)10)13-11-2/h3-5H,10H2,1-2H3,(H,14,15,16). The van der Waals surface area contributed by atoms with Crippen LogP contribution in [-0.4, -0.2) is 26.2 Å². The van der Waals surface area contributed by atoms with Gasteiger partial charge in [0.05, 0.1) is 16.3 Å². The smallest absolute Gasteiger partial charge is 0.294 e. The van der Waals surface area contributed by atoms with Crippen LogP contribution in [0, 0.1) is 0 Å². The molecule has 3 N–H and O–H groups in total. The van der Waals surface area contributed by atoms with E-state index in [1.54, 1.807) is 6.92 Å². The Morgan fingerprint density at radius 1 is 1.35 bits per heavy atom. The van der Waals surface area contributed by atoms with Gasteiger partial charge < -0.3 is 5.73 Å². The molecule has 92 valence electrons. The lowest BCUT2D eigenvalue weighted by molar-refractivity contribution is 0.483. The molecular weight excluding hydrogens is 244 g/mol. The van der Waals surface area contributed by atoms with E-state index < -0.39 is 10.1 Å². The van der Waals surface area contributed by atoms with Crippen LogP contribution in [-0.2, 0) is 10.1 Å². The summed E-state index contributed by atoms with van der Waals surface area (Å²) in [7, 11) is -2.91. The zero-order valence-electron chi connectivity index (χ0n) is 9.32. The maximum Gasteiger partial charge on any atom is 0.294 e. The van der Waals surface area contributed by atoms with E-state index in [1.807, 2.05) is 0 Å². The highest BCUT2D eigenvalue weighted by Gasteiger charge is 2.15. The second-order valence-electron chi connectivity index (χ2n) is 3.04. The van der Waals surface area contributed by atoms with Crippen LogP contribution in [0.5, 0.6) is 0 Å². The minimum Gasteiger partial charge on any atom is -0.395 e. The number of anilines is 1. The van der Waals surface area contributed by atoms with E-state index in [0.717, 1.165) is 6.07 Å². The summed E-state index contributed by atoms with van der Waals surface area (Å²) in [6.45, 7) is 1.65. The fourth-order valence-corrected chi connectivity index (χ4v) is 1.70. The van der Waals surface area contributed by atoms with Crippen molar-refractivity contribution in [3.63, 3.8) is 0 Å². The third-order valence-electron chi connectivity index (χ3n) is 1.88. The molecule has 0 aliphatic rings. The van der Waals surface area contributed by atoms with Crippen molar-refractivity contribution in [1.82, 2.24) is 0 Å². The van der Waals surface area contributed by atoms with Crippen molar-refractivity contribution in [2.24, 2.45) is 15.2 Å². The summed E-state index contributed by atoms with van der Waals surface area (Å²) in [6, 6.07) is 2.30. The first-order valence-corrected chi connectivity index (χ1v) is 6.03. The maximum absolute atomic E-state index is 11.0. The molecule has 1 aromatic rings. The van der Waals surface area contributed by atoms with Crippen LogP contribution in [0.2, 0.25) is 0 Å². The van der Waals surface area contributed by atoms with Crippen molar-refractivity contribution < 1.29 is 13.0 Å². The minimum absolute atomic E-state index is 0.142. The highest BCUT2D eigenvalue weighted by atomic mass is 32.2. The number of aliphatic imine (C=N–C) groups is 1. The molecule has 0 saturated carbocycles. The van der Waals surface area contributed by atoms with E-state index in [9.17, 15) is 8.42 Å². The zero-order valence-corrected chi connectivity index (χ0v) is 10.1. The van der Waals surface area contributed by atoms with Gasteiger partial charge in [0, 0.05) is 13.3 Å². The molecule has 8 heteroatoms. The van der Waals surface area contributed by atoms with Crippen molar-refractivity contribution in [3.05, 3.63) is 12.1 Å². The molecular formula is C9H12N4O3S. The lowest BCUT2D eigenvalue weighted by Gasteiger charge is -2.06. The summed E-state index contributed by atoms with van der Waals surface area (Å²) in [4.78, 5) is 3.57. The van der Waals surface area contributed by atoms with Gasteiger partial charge in [0.1, 0.15) is 5.69 Å². The van der Waals surface area contributed by atoms with Crippen LogP contribution in [0.3, 0.4) is 0 Å². The summed E-state index contributed by atoms with van der Waals surface area (Å²) in [5.41, 5.74) is 6.27. The van der Waals surface area contributed by atoms with Gasteiger partial charge in [-0.25, -0.2) is 0 Å². The second kappa shape index (κ2) is 5.02. The number of rotatable bonds is 3. The van der Waals surface area contributed by atoms with Crippen molar-refractivity contribution in [2.75, 3.05) is 12.8 Å². The number of azo groups is 1. The van der Waals surface area contributed by atoms with Gasteiger partial charge in [-0.3, -0.25) is 9.55 Å². The Morgan fingerprint density at radius 2 is 1.94 bits per heavy atom. The Balaban J connectivity index is 3.58. The third-order valence-corrected chi connectivity index (χ3v) is 2.72. The molecule has 1 rings (SSSR count). The molecule has 0 spiro atoms. The van der Waals surface area contributed by atoms with Gasteiger partial charge in [-0.15, -0.1) is 0 Å². The van der Waals surface area contributed by atoms with Gasteiger partial charge in [0.2, 0.25) is 0 Å². The molecule has 0 heterocycles. The first kappa shape index (κ1) is 13.3. The Hall–Kier alpha value is -1.80. The van der Waals surface area contributed by atoms with Crippen LogP contribution in [0.4, 0.5) is 17.1 Å². The van der Waals surface area contributed by atoms with E-state index in [0.29, 0.717) is 0 Å². The van der Waals surface area contributed by atoms with Crippen LogP contribution < -0.4 is 5.73 Å². The van der Waals surface area contributed by atoms with Crippen LogP contribution in [0.15, 0.2) is 32.2 Å². The molecule has 0 aromatic heterocycles. The molecule has 0 saturated heterocycles. The van der Waals surface area contributed by atoms with E-state index in [2.05, 4.69) is 15.2 Å². The van der Waals surface area contributed by atoms with E-state index in [-0.39, 0.29) is 22.0 Å². The van der Waals surface area contributed by atoms with E-state index in [1.165, 1.54) is 19.3 Å². The first-order valence-electron chi connectivity index (χ1n) is 4.59. The average Bonchev–Trinajstić information content (AvgIpc) is 2.22. The van der Waals surface area contributed by atoms with Gasteiger partial charge in [0.25, 0.3) is 10.1 Å². The highest BCUT2D eigenvalue weighted by Crippen LogP contribution is 2.35. The molecule has 7 nitrogen and oxygen atoms in total. The van der Waals surface area contributed by atoms with Crippen molar-refractivity contribution >= 4 is 33.4 Å². The number of nitrogens with two attached hydrogens (primary N) is 1. The summed E-state index contributed by atoms with van der Waals surface area (Å²) in [5.74, 6) is 0.